The largest absolute Gasteiger partial charge is 0.347 e. The van der Waals surface area contributed by atoms with Crippen LogP contribution in [0.2, 0.25) is 0 Å². The molecule has 0 aliphatic carbocycles. The predicted molar refractivity (Wildman–Crippen MR) is 89.8 cm³/mol. The molecular weight excluding hydrogens is 322 g/mol. The van der Waals surface area contributed by atoms with E-state index in [4.69, 9.17) is 9.26 Å². The molecule has 25 heavy (non-hydrogen) atoms. The predicted octanol–water partition coefficient (Wildman–Crippen LogP) is 0.377. The Bertz CT molecular complexity index is 761. The van der Waals surface area contributed by atoms with Crippen molar-refractivity contribution in [2.45, 2.75) is 19.4 Å². The number of dihydropyridines is 1. The molecule has 2 aromatic rings. The van der Waals surface area contributed by atoms with Gasteiger partial charge in [0.25, 0.3) is 5.89 Å². The van der Waals surface area contributed by atoms with Gasteiger partial charge in [-0.25, -0.2) is 0 Å². The maximum absolute atomic E-state index is 6.21. The van der Waals surface area contributed by atoms with Gasteiger partial charge in [-0.1, -0.05) is 11.2 Å². The summed E-state index contributed by atoms with van der Waals surface area (Å²) in [4.78, 5) is 6.47. The van der Waals surface area contributed by atoms with Crippen molar-refractivity contribution in [1.29, 1.82) is 0 Å². The number of aryl methyl sites for hydroxylation is 1. The Hall–Kier alpha value is -2.49. The molecule has 9 nitrogen and oxygen atoms in total. The van der Waals surface area contributed by atoms with Crippen molar-refractivity contribution in [3.05, 3.63) is 48.0 Å². The van der Waals surface area contributed by atoms with Gasteiger partial charge in [-0.05, 0) is 13.0 Å². The molecule has 132 valence electrons. The average Bonchev–Trinajstić information content (AvgIpc) is 3.33. The van der Waals surface area contributed by atoms with E-state index in [2.05, 4.69) is 35.9 Å². The quantitative estimate of drug-likeness (QED) is 0.716. The fraction of sp³-hybridized carbons (Fsp3) is 0.438. The summed E-state index contributed by atoms with van der Waals surface area (Å²) in [6.45, 7) is 5.59. The fourth-order valence-corrected chi connectivity index (χ4v) is 3.01. The molecule has 4 heterocycles. The standard InChI is InChI=1S/C16H21N7O2/c1-12-21-15(25-22-12)11-24-16(23-6-4-17-5-7-23)3-2-13(8-18-16)14-9-19-20-10-14/h2-3,8-10,17-18H,4-7,11H2,1H3,(H,19,20). The van der Waals surface area contributed by atoms with Crippen LogP contribution in [0.5, 0.6) is 0 Å². The van der Waals surface area contributed by atoms with Gasteiger partial charge in [-0.2, -0.15) is 10.1 Å². The lowest BCUT2D eigenvalue weighted by Crippen LogP contribution is -2.63. The minimum absolute atomic E-state index is 0.233. The van der Waals surface area contributed by atoms with E-state index in [9.17, 15) is 0 Å². The summed E-state index contributed by atoms with van der Waals surface area (Å²) in [6.07, 6.45) is 9.67. The van der Waals surface area contributed by atoms with Crippen LogP contribution in [0.1, 0.15) is 17.3 Å². The van der Waals surface area contributed by atoms with Crippen LogP contribution in [0.25, 0.3) is 5.57 Å². The number of piperazine rings is 1. The Kier molecular flexibility index (Phi) is 4.35. The van der Waals surface area contributed by atoms with Crippen molar-refractivity contribution in [1.82, 2.24) is 35.9 Å². The zero-order valence-electron chi connectivity index (χ0n) is 14.0. The highest BCUT2D eigenvalue weighted by atomic mass is 16.6. The molecule has 1 saturated heterocycles. The van der Waals surface area contributed by atoms with Crippen LogP contribution >= 0.6 is 0 Å². The smallest absolute Gasteiger partial charge is 0.252 e. The minimum Gasteiger partial charge on any atom is -0.347 e. The maximum Gasteiger partial charge on any atom is 0.252 e. The number of nitrogens with one attached hydrogen (secondary N) is 3. The third-order valence-corrected chi connectivity index (χ3v) is 4.33. The van der Waals surface area contributed by atoms with Crippen molar-refractivity contribution >= 4 is 5.57 Å². The first kappa shape index (κ1) is 16.0. The van der Waals surface area contributed by atoms with Crippen LogP contribution in [-0.2, 0) is 11.3 Å². The fourth-order valence-electron chi connectivity index (χ4n) is 3.01. The second-order valence-electron chi connectivity index (χ2n) is 6.02. The molecule has 9 heteroatoms. The molecule has 0 amide bonds. The summed E-state index contributed by atoms with van der Waals surface area (Å²) in [6, 6.07) is 0. The molecule has 2 aromatic heterocycles. The highest BCUT2D eigenvalue weighted by molar-refractivity contribution is 5.74. The van der Waals surface area contributed by atoms with E-state index in [1.807, 2.05) is 24.5 Å². The summed E-state index contributed by atoms with van der Waals surface area (Å²) in [7, 11) is 0. The lowest BCUT2D eigenvalue weighted by molar-refractivity contribution is -0.153. The zero-order valence-corrected chi connectivity index (χ0v) is 14.0. The van der Waals surface area contributed by atoms with E-state index < -0.39 is 5.85 Å². The molecule has 0 saturated carbocycles. The number of allylic oxidation sites excluding steroid dienone is 2. The molecule has 0 bridgehead atoms. The number of hydrogen-bond donors (Lipinski definition) is 3. The van der Waals surface area contributed by atoms with Gasteiger partial charge in [-0.15, -0.1) is 0 Å². The van der Waals surface area contributed by atoms with Crippen LogP contribution in [0.4, 0.5) is 0 Å². The van der Waals surface area contributed by atoms with Gasteiger partial charge in [0.05, 0.1) is 6.20 Å². The molecule has 1 atom stereocenters. The lowest BCUT2D eigenvalue weighted by atomic mass is 10.1. The highest BCUT2D eigenvalue weighted by Gasteiger charge is 2.37. The third-order valence-electron chi connectivity index (χ3n) is 4.33. The topological polar surface area (TPSA) is 104 Å². The number of rotatable bonds is 5. The Morgan fingerprint density at radius 2 is 2.24 bits per heavy atom. The van der Waals surface area contributed by atoms with Gasteiger partial charge in [0.1, 0.15) is 6.61 Å². The molecule has 2 aliphatic heterocycles. The summed E-state index contributed by atoms with van der Waals surface area (Å²) < 4.78 is 11.4. The number of ether oxygens (including phenoxy) is 1. The number of aromatic nitrogens is 4. The summed E-state index contributed by atoms with van der Waals surface area (Å²) in [5.74, 6) is 0.327. The number of aromatic amines is 1. The Morgan fingerprint density at radius 3 is 2.88 bits per heavy atom. The first-order chi connectivity index (χ1) is 12.3. The second-order valence-corrected chi connectivity index (χ2v) is 6.02. The van der Waals surface area contributed by atoms with Crippen molar-refractivity contribution in [3.63, 3.8) is 0 Å². The van der Waals surface area contributed by atoms with Gasteiger partial charge < -0.3 is 19.9 Å². The molecule has 2 aliphatic rings. The van der Waals surface area contributed by atoms with Gasteiger partial charge in [0.2, 0.25) is 5.85 Å². The summed E-state index contributed by atoms with van der Waals surface area (Å²) >= 11 is 0. The van der Waals surface area contributed by atoms with Crippen molar-refractivity contribution in [3.8, 4) is 0 Å². The molecule has 0 radical (unpaired) electrons. The maximum atomic E-state index is 6.21. The Balaban J connectivity index is 1.53. The van der Waals surface area contributed by atoms with Crippen molar-refractivity contribution in [2.75, 3.05) is 26.2 Å². The van der Waals surface area contributed by atoms with Crippen LogP contribution < -0.4 is 10.6 Å². The SMILES string of the molecule is Cc1noc(COC2(N3CCNCC3)C=CC(c3cn[nH]c3)=CN2)n1. The molecule has 1 unspecified atom stereocenters. The van der Waals surface area contributed by atoms with E-state index >= 15 is 0 Å². The number of hydrogen-bond acceptors (Lipinski definition) is 8. The molecule has 3 N–H and O–H groups in total. The first-order valence-electron chi connectivity index (χ1n) is 8.30. The van der Waals surface area contributed by atoms with Crippen LogP contribution in [0, 0.1) is 6.92 Å². The molecule has 1 fully saturated rings. The van der Waals surface area contributed by atoms with Gasteiger partial charge in [-0.3, -0.25) is 10.00 Å². The molecular formula is C16H21N7O2. The van der Waals surface area contributed by atoms with Gasteiger partial charge >= 0.3 is 0 Å². The van der Waals surface area contributed by atoms with E-state index in [1.54, 1.807) is 13.1 Å². The lowest BCUT2D eigenvalue weighted by Gasteiger charge is -2.44. The molecule has 0 spiro atoms. The van der Waals surface area contributed by atoms with E-state index in [1.165, 1.54) is 0 Å². The molecule has 0 aromatic carbocycles. The second kappa shape index (κ2) is 6.79. The summed E-state index contributed by atoms with van der Waals surface area (Å²) in [5.41, 5.74) is 2.06. The normalized spacial score (nSPS) is 24.1. The highest BCUT2D eigenvalue weighted by Crippen LogP contribution is 2.26. The zero-order chi connectivity index (χ0) is 17.1. The van der Waals surface area contributed by atoms with E-state index in [0.29, 0.717) is 11.7 Å². The number of nitrogens with zero attached hydrogens (tertiary/aromatic N) is 4. The third kappa shape index (κ3) is 3.34. The van der Waals surface area contributed by atoms with Gasteiger partial charge in [0, 0.05) is 49.7 Å². The first-order valence-corrected chi connectivity index (χ1v) is 8.30. The minimum atomic E-state index is -0.738. The van der Waals surface area contributed by atoms with E-state index in [0.717, 1.165) is 37.3 Å². The van der Waals surface area contributed by atoms with Gasteiger partial charge in [0.15, 0.2) is 5.82 Å². The number of H-pyrrole nitrogens is 1. The van der Waals surface area contributed by atoms with Crippen molar-refractivity contribution in [2.24, 2.45) is 0 Å². The van der Waals surface area contributed by atoms with Crippen LogP contribution in [-0.4, -0.2) is 57.3 Å². The molecule has 4 rings (SSSR count). The Labute approximate surface area is 145 Å². The van der Waals surface area contributed by atoms with Crippen LogP contribution in [0.3, 0.4) is 0 Å². The monoisotopic (exact) mass is 343 g/mol. The van der Waals surface area contributed by atoms with Crippen molar-refractivity contribution < 1.29 is 9.26 Å². The summed E-state index contributed by atoms with van der Waals surface area (Å²) in [5, 5.41) is 17.4. The average molecular weight is 343 g/mol. The van der Waals surface area contributed by atoms with E-state index in [-0.39, 0.29) is 6.61 Å². The Morgan fingerprint density at radius 1 is 1.36 bits per heavy atom. The van der Waals surface area contributed by atoms with Crippen LogP contribution in [0.15, 0.2) is 35.3 Å².